The Labute approximate surface area is 204 Å². The first-order chi connectivity index (χ1) is 17.1. The van der Waals surface area contributed by atoms with Gasteiger partial charge < -0.3 is 24.8 Å². The van der Waals surface area contributed by atoms with Crippen molar-refractivity contribution in [2.24, 2.45) is 0 Å². The van der Waals surface area contributed by atoms with Crippen LogP contribution in [0, 0.1) is 0 Å². The van der Waals surface area contributed by atoms with E-state index in [-0.39, 0.29) is 5.91 Å². The first kappa shape index (κ1) is 22.8. The minimum absolute atomic E-state index is 0.0641. The number of carbonyl (C=O) groups excluding carboxylic acids is 1. The van der Waals surface area contributed by atoms with Gasteiger partial charge in [0.25, 0.3) is 5.91 Å². The Morgan fingerprint density at radius 2 is 1.77 bits per heavy atom. The number of methoxy groups -OCH3 is 1. The average Bonchev–Trinajstić information content (AvgIpc) is 3.38. The van der Waals surface area contributed by atoms with Gasteiger partial charge in [-0.15, -0.1) is 0 Å². The number of anilines is 1. The summed E-state index contributed by atoms with van der Waals surface area (Å²) in [6, 6.07) is 15.5. The number of aromatic nitrogens is 4. The highest BCUT2D eigenvalue weighted by Crippen LogP contribution is 2.24. The molecule has 35 heavy (non-hydrogen) atoms. The maximum Gasteiger partial charge on any atom is 0.253 e. The van der Waals surface area contributed by atoms with Gasteiger partial charge in [0, 0.05) is 43.9 Å². The van der Waals surface area contributed by atoms with Crippen molar-refractivity contribution in [1.82, 2.24) is 29.7 Å². The van der Waals surface area contributed by atoms with E-state index in [0.717, 1.165) is 49.4 Å². The number of nitrogens with one attached hydrogen (secondary N) is 2. The molecule has 0 bridgehead atoms. The standard InChI is InChI=1S/C26H29N7O2/c1-32-13-15-33(16-14-32)26(34)20-7-5-19(6-8-20)23-30-24(22-25(31-23)29-17-28-22)27-12-11-18-3-9-21(35-2)10-4-18/h3-10,17H,11-16H2,1-2H3,(H2,27,28,29,30,31). The second kappa shape index (κ2) is 10.1. The van der Waals surface area contributed by atoms with E-state index in [9.17, 15) is 4.79 Å². The number of imidazole rings is 1. The van der Waals surface area contributed by atoms with Crippen molar-refractivity contribution in [3.8, 4) is 17.1 Å². The number of fused-ring (bicyclic) bond motifs is 1. The Hall–Kier alpha value is -3.98. The molecule has 4 aromatic rings. The summed E-state index contributed by atoms with van der Waals surface area (Å²) < 4.78 is 5.23. The first-order valence-corrected chi connectivity index (χ1v) is 11.8. The molecule has 1 saturated heterocycles. The topological polar surface area (TPSA) is 99.3 Å². The van der Waals surface area contributed by atoms with Gasteiger partial charge in [-0.05, 0) is 43.3 Å². The zero-order valence-corrected chi connectivity index (χ0v) is 20.0. The molecule has 1 fully saturated rings. The summed E-state index contributed by atoms with van der Waals surface area (Å²) in [6.07, 6.45) is 2.46. The Kier molecular flexibility index (Phi) is 6.58. The Morgan fingerprint density at radius 3 is 2.49 bits per heavy atom. The summed E-state index contributed by atoms with van der Waals surface area (Å²) >= 11 is 0. The fourth-order valence-electron chi connectivity index (χ4n) is 4.16. The number of hydrogen-bond donors (Lipinski definition) is 2. The number of nitrogens with zero attached hydrogens (tertiary/aromatic N) is 5. The molecule has 2 N–H and O–H groups in total. The second-order valence-corrected chi connectivity index (χ2v) is 8.69. The predicted molar refractivity (Wildman–Crippen MR) is 136 cm³/mol. The molecule has 0 unspecified atom stereocenters. The van der Waals surface area contributed by atoms with Crippen LogP contribution < -0.4 is 10.1 Å². The monoisotopic (exact) mass is 471 g/mol. The van der Waals surface area contributed by atoms with Gasteiger partial charge in [0.1, 0.15) is 11.3 Å². The SMILES string of the molecule is COc1ccc(CCNc2nc(-c3ccc(C(=O)N4CCN(C)CC4)cc3)nc3nc[nH]c23)cc1. The number of benzene rings is 2. The highest BCUT2D eigenvalue weighted by atomic mass is 16.5. The molecular weight excluding hydrogens is 442 g/mol. The molecular formula is C26H29N7O2. The Bertz CT molecular complexity index is 1290. The number of rotatable bonds is 7. The number of carbonyl (C=O) groups is 1. The highest BCUT2D eigenvalue weighted by molar-refractivity contribution is 5.95. The summed E-state index contributed by atoms with van der Waals surface area (Å²) in [6.45, 7) is 4.00. The highest BCUT2D eigenvalue weighted by Gasteiger charge is 2.20. The van der Waals surface area contributed by atoms with E-state index in [1.807, 2.05) is 41.3 Å². The van der Waals surface area contributed by atoms with Crippen LogP contribution >= 0.6 is 0 Å². The van der Waals surface area contributed by atoms with E-state index >= 15 is 0 Å². The van der Waals surface area contributed by atoms with Gasteiger partial charge in [-0.1, -0.05) is 24.3 Å². The normalized spacial score (nSPS) is 14.3. The lowest BCUT2D eigenvalue weighted by Gasteiger charge is -2.32. The molecule has 0 radical (unpaired) electrons. The van der Waals surface area contributed by atoms with E-state index in [1.54, 1.807) is 13.4 Å². The molecule has 0 spiro atoms. The van der Waals surface area contributed by atoms with Crippen LogP contribution in [0.1, 0.15) is 15.9 Å². The fraction of sp³-hybridized carbons (Fsp3) is 0.308. The van der Waals surface area contributed by atoms with E-state index in [4.69, 9.17) is 9.72 Å². The number of piperazine rings is 1. The van der Waals surface area contributed by atoms with Crippen molar-refractivity contribution in [3.63, 3.8) is 0 Å². The summed E-state index contributed by atoms with van der Waals surface area (Å²) in [7, 11) is 3.74. The van der Waals surface area contributed by atoms with E-state index in [1.165, 1.54) is 5.56 Å². The van der Waals surface area contributed by atoms with E-state index < -0.39 is 0 Å². The number of aromatic amines is 1. The Balaban J connectivity index is 1.30. The zero-order chi connectivity index (χ0) is 24.2. The maximum atomic E-state index is 12.9. The zero-order valence-electron chi connectivity index (χ0n) is 20.0. The number of H-pyrrole nitrogens is 1. The molecule has 2 aromatic carbocycles. The molecule has 0 aliphatic carbocycles. The third kappa shape index (κ3) is 5.09. The summed E-state index contributed by atoms with van der Waals surface area (Å²) in [4.78, 5) is 33.8. The lowest BCUT2D eigenvalue weighted by molar-refractivity contribution is 0.0664. The maximum absolute atomic E-state index is 12.9. The van der Waals surface area contributed by atoms with Crippen LogP contribution in [0.25, 0.3) is 22.6 Å². The van der Waals surface area contributed by atoms with Crippen molar-refractivity contribution in [3.05, 3.63) is 66.0 Å². The van der Waals surface area contributed by atoms with Gasteiger partial charge in [0.15, 0.2) is 17.3 Å². The quantitative estimate of drug-likeness (QED) is 0.427. The molecule has 1 aliphatic rings. The van der Waals surface area contributed by atoms with Crippen molar-refractivity contribution < 1.29 is 9.53 Å². The largest absolute Gasteiger partial charge is 0.497 e. The number of hydrogen-bond acceptors (Lipinski definition) is 7. The molecule has 0 atom stereocenters. The molecule has 5 rings (SSSR count). The van der Waals surface area contributed by atoms with Gasteiger partial charge in [-0.3, -0.25) is 4.79 Å². The van der Waals surface area contributed by atoms with Crippen LogP contribution in [0.2, 0.25) is 0 Å². The molecule has 2 aromatic heterocycles. The molecule has 0 saturated carbocycles. The molecule has 180 valence electrons. The minimum Gasteiger partial charge on any atom is -0.497 e. The van der Waals surface area contributed by atoms with E-state index in [0.29, 0.717) is 29.4 Å². The van der Waals surface area contributed by atoms with Crippen LogP contribution in [-0.4, -0.2) is 82.5 Å². The van der Waals surface area contributed by atoms with Crippen LogP contribution in [0.5, 0.6) is 5.75 Å². The second-order valence-electron chi connectivity index (χ2n) is 8.69. The lowest BCUT2D eigenvalue weighted by atomic mass is 10.1. The molecule has 9 heteroatoms. The smallest absolute Gasteiger partial charge is 0.253 e. The summed E-state index contributed by atoms with van der Waals surface area (Å²) in [5.41, 5.74) is 4.08. The van der Waals surface area contributed by atoms with Gasteiger partial charge in [0.05, 0.1) is 13.4 Å². The van der Waals surface area contributed by atoms with E-state index in [2.05, 4.69) is 44.3 Å². The van der Waals surface area contributed by atoms with Crippen LogP contribution in [-0.2, 0) is 6.42 Å². The third-order valence-corrected chi connectivity index (χ3v) is 6.33. The molecule has 1 aliphatic heterocycles. The Morgan fingerprint density at radius 1 is 1.03 bits per heavy atom. The average molecular weight is 472 g/mol. The van der Waals surface area contributed by atoms with Crippen molar-refractivity contribution in [2.75, 3.05) is 52.2 Å². The van der Waals surface area contributed by atoms with Crippen molar-refractivity contribution >= 4 is 22.9 Å². The lowest BCUT2D eigenvalue weighted by Crippen LogP contribution is -2.47. The van der Waals surface area contributed by atoms with Crippen molar-refractivity contribution in [2.45, 2.75) is 6.42 Å². The number of ether oxygens (including phenoxy) is 1. The van der Waals surface area contributed by atoms with Gasteiger partial charge in [-0.2, -0.15) is 0 Å². The number of amides is 1. The molecule has 1 amide bonds. The van der Waals surface area contributed by atoms with Gasteiger partial charge >= 0.3 is 0 Å². The van der Waals surface area contributed by atoms with Gasteiger partial charge in [0.2, 0.25) is 0 Å². The summed E-state index contributed by atoms with van der Waals surface area (Å²) in [5, 5.41) is 3.42. The van der Waals surface area contributed by atoms with Crippen LogP contribution in [0.3, 0.4) is 0 Å². The van der Waals surface area contributed by atoms with Crippen molar-refractivity contribution in [1.29, 1.82) is 0 Å². The number of likely N-dealkylation sites (N-methyl/N-ethyl adjacent to an activating group) is 1. The minimum atomic E-state index is 0.0641. The predicted octanol–water partition coefficient (Wildman–Crippen LogP) is 3.07. The molecule has 3 heterocycles. The van der Waals surface area contributed by atoms with Crippen LogP contribution in [0.4, 0.5) is 5.82 Å². The molecule has 9 nitrogen and oxygen atoms in total. The fourth-order valence-corrected chi connectivity index (χ4v) is 4.16. The van der Waals surface area contributed by atoms with Gasteiger partial charge in [-0.25, -0.2) is 15.0 Å². The summed E-state index contributed by atoms with van der Waals surface area (Å²) in [5.74, 6) is 2.18. The third-order valence-electron chi connectivity index (χ3n) is 6.33. The van der Waals surface area contributed by atoms with Crippen LogP contribution in [0.15, 0.2) is 54.9 Å². The first-order valence-electron chi connectivity index (χ1n) is 11.8.